The molecule has 0 amide bonds. The first-order valence-electron chi connectivity index (χ1n) is 12.2. The lowest BCUT2D eigenvalue weighted by molar-refractivity contribution is -0.141. The first-order chi connectivity index (χ1) is 17.6. The molecule has 5 aromatic rings. The number of aryl methyl sites for hydroxylation is 2. The van der Waals surface area contributed by atoms with Crippen LogP contribution in [0.1, 0.15) is 46.3 Å². The number of nitrogens with zero attached hydrogens (tertiary/aromatic N) is 2. The number of carboxylic acids is 1. The van der Waals surface area contributed by atoms with E-state index >= 15 is 0 Å². The summed E-state index contributed by atoms with van der Waals surface area (Å²) in [5, 5.41) is 11.9. The molecule has 2 aromatic carbocycles. The van der Waals surface area contributed by atoms with E-state index in [2.05, 4.69) is 4.98 Å². The average Bonchev–Trinajstić information content (AvgIpc) is 3.48. The maximum Gasteiger partial charge on any atom is 0.327 e. The molecule has 1 aliphatic rings. The second-order valence-electron chi connectivity index (χ2n) is 9.20. The third-order valence-electron chi connectivity index (χ3n) is 6.96. The van der Waals surface area contributed by atoms with Crippen LogP contribution in [0.25, 0.3) is 33.3 Å². The Morgan fingerprint density at radius 2 is 1.86 bits per heavy atom. The highest BCUT2D eigenvalue weighted by Crippen LogP contribution is 2.34. The Morgan fingerprint density at radius 3 is 2.69 bits per heavy atom. The first kappa shape index (κ1) is 22.5. The number of rotatable bonds is 6. The number of para-hydroxylation sites is 1. The lowest BCUT2D eigenvalue weighted by Crippen LogP contribution is -2.34. The Kier molecular flexibility index (Phi) is 5.77. The summed E-state index contributed by atoms with van der Waals surface area (Å²) in [7, 11) is 0. The van der Waals surface area contributed by atoms with Crippen LogP contribution >= 0.6 is 11.3 Å². The van der Waals surface area contributed by atoms with Crippen LogP contribution < -0.4 is 5.56 Å². The highest BCUT2D eigenvalue weighted by molar-refractivity contribution is 7.18. The summed E-state index contributed by atoms with van der Waals surface area (Å²) < 4.78 is 1.40. The van der Waals surface area contributed by atoms with E-state index in [0.29, 0.717) is 16.0 Å². The van der Waals surface area contributed by atoms with Crippen molar-refractivity contribution in [2.75, 3.05) is 0 Å². The number of H-pyrrole nitrogens is 1. The fourth-order valence-corrected chi connectivity index (χ4v) is 6.44. The molecule has 0 fully saturated rings. The van der Waals surface area contributed by atoms with Crippen molar-refractivity contribution in [3.63, 3.8) is 0 Å². The number of thiophene rings is 1. The van der Waals surface area contributed by atoms with E-state index in [1.165, 1.54) is 9.44 Å². The zero-order valence-electron chi connectivity index (χ0n) is 19.6. The van der Waals surface area contributed by atoms with Crippen molar-refractivity contribution in [3.8, 4) is 0 Å². The molecule has 7 heteroatoms. The molecular formula is C29H25N3O3S. The summed E-state index contributed by atoms with van der Waals surface area (Å²) in [5.41, 5.74) is 3.54. The smallest absolute Gasteiger partial charge is 0.327 e. The van der Waals surface area contributed by atoms with E-state index < -0.39 is 12.0 Å². The third kappa shape index (κ3) is 3.95. The van der Waals surface area contributed by atoms with Crippen LogP contribution in [0.5, 0.6) is 0 Å². The number of aliphatic carboxylic acids is 1. The number of hydrogen-bond acceptors (Lipinski definition) is 4. The predicted octanol–water partition coefficient (Wildman–Crippen LogP) is 5.86. The molecule has 36 heavy (non-hydrogen) atoms. The predicted molar refractivity (Wildman–Crippen MR) is 145 cm³/mol. The second-order valence-corrected chi connectivity index (χ2v) is 10.3. The summed E-state index contributed by atoms with van der Waals surface area (Å²) in [5.74, 6) is -0.691. The quantitative estimate of drug-likeness (QED) is 0.309. The standard InChI is InChI=1S/C29H25N3O3S/c33-28-26-21-11-5-7-13-24(21)36-27(26)31-25(15-14-18-8-2-1-3-9-18)32(28)23(29(34)35)16-19-17-30-22-12-6-4-10-20(19)22/h1-4,6,8-10,12,14-15,17,23,30H,5,7,11,13,16H2,(H,34,35)/b15-14+. The molecule has 0 bridgehead atoms. The largest absolute Gasteiger partial charge is 0.480 e. The van der Waals surface area contributed by atoms with Gasteiger partial charge in [0.05, 0.1) is 5.39 Å². The number of benzene rings is 2. The zero-order valence-corrected chi connectivity index (χ0v) is 20.4. The molecular weight excluding hydrogens is 470 g/mol. The summed E-state index contributed by atoms with van der Waals surface area (Å²) in [4.78, 5) is 36.7. The molecule has 180 valence electrons. The molecule has 2 N–H and O–H groups in total. The van der Waals surface area contributed by atoms with Gasteiger partial charge in [0, 0.05) is 28.4 Å². The molecule has 6 nitrogen and oxygen atoms in total. The molecule has 0 spiro atoms. The van der Waals surface area contributed by atoms with E-state index in [1.807, 2.05) is 66.9 Å². The van der Waals surface area contributed by atoms with Gasteiger partial charge < -0.3 is 10.1 Å². The number of hydrogen-bond donors (Lipinski definition) is 2. The fourth-order valence-electron chi connectivity index (χ4n) is 5.18. The molecule has 1 aliphatic carbocycles. The monoisotopic (exact) mass is 495 g/mol. The molecule has 1 atom stereocenters. The highest BCUT2D eigenvalue weighted by atomic mass is 32.1. The van der Waals surface area contributed by atoms with Crippen molar-refractivity contribution in [1.29, 1.82) is 0 Å². The van der Waals surface area contributed by atoms with E-state index in [0.717, 1.165) is 53.3 Å². The van der Waals surface area contributed by atoms with Crippen LogP contribution in [0.4, 0.5) is 0 Å². The van der Waals surface area contributed by atoms with Gasteiger partial charge in [-0.15, -0.1) is 11.3 Å². The van der Waals surface area contributed by atoms with E-state index in [1.54, 1.807) is 17.4 Å². The Morgan fingerprint density at radius 1 is 1.08 bits per heavy atom. The molecule has 3 aromatic heterocycles. The van der Waals surface area contributed by atoms with Crippen LogP contribution in [0.3, 0.4) is 0 Å². The van der Waals surface area contributed by atoms with Crippen LogP contribution in [-0.2, 0) is 24.1 Å². The van der Waals surface area contributed by atoms with Crippen molar-refractivity contribution in [2.45, 2.75) is 38.1 Å². The summed E-state index contributed by atoms with van der Waals surface area (Å²) in [6.45, 7) is 0. The Balaban J connectivity index is 1.55. The number of carbonyl (C=O) groups is 1. The number of aromatic nitrogens is 3. The normalized spacial score (nSPS) is 14.4. The highest BCUT2D eigenvalue weighted by Gasteiger charge is 2.29. The third-order valence-corrected chi connectivity index (χ3v) is 8.14. The van der Waals surface area contributed by atoms with E-state index in [4.69, 9.17) is 4.98 Å². The minimum atomic E-state index is -1.09. The van der Waals surface area contributed by atoms with Gasteiger partial charge in [-0.05, 0) is 54.5 Å². The Hall–Kier alpha value is -3.97. The minimum Gasteiger partial charge on any atom is -0.480 e. The Labute approximate surface area is 211 Å². The van der Waals surface area contributed by atoms with Gasteiger partial charge in [-0.3, -0.25) is 9.36 Å². The van der Waals surface area contributed by atoms with Crippen LogP contribution in [0.2, 0.25) is 0 Å². The van der Waals surface area contributed by atoms with Gasteiger partial charge in [-0.25, -0.2) is 9.78 Å². The van der Waals surface area contributed by atoms with Crippen molar-refractivity contribution < 1.29 is 9.90 Å². The van der Waals surface area contributed by atoms with Crippen molar-refractivity contribution >= 4 is 50.6 Å². The zero-order chi connectivity index (χ0) is 24.6. The SMILES string of the molecule is O=C(O)C(Cc1c[nH]c2ccccc12)n1c(/C=C/c2ccccc2)nc2sc3c(c2c1=O)CCCC3. The van der Waals surface area contributed by atoms with Crippen molar-refractivity contribution in [2.24, 2.45) is 0 Å². The number of aromatic amines is 1. The first-order valence-corrected chi connectivity index (χ1v) is 13.0. The van der Waals surface area contributed by atoms with Crippen LogP contribution in [0, 0.1) is 0 Å². The fraction of sp³-hybridized carbons (Fsp3) is 0.207. The van der Waals surface area contributed by atoms with E-state index in [9.17, 15) is 14.7 Å². The number of nitrogens with one attached hydrogen (secondary N) is 1. The van der Waals surface area contributed by atoms with Gasteiger partial charge in [0.25, 0.3) is 5.56 Å². The van der Waals surface area contributed by atoms with Gasteiger partial charge in [-0.2, -0.15) is 0 Å². The Bertz CT molecular complexity index is 1680. The molecule has 0 saturated heterocycles. The molecule has 0 saturated carbocycles. The average molecular weight is 496 g/mol. The topological polar surface area (TPSA) is 88.0 Å². The van der Waals surface area contributed by atoms with Gasteiger partial charge in [0.2, 0.25) is 0 Å². The molecule has 3 heterocycles. The lowest BCUT2D eigenvalue weighted by atomic mass is 9.97. The van der Waals surface area contributed by atoms with Crippen molar-refractivity contribution in [1.82, 2.24) is 14.5 Å². The number of carboxylic acid groups (broad SMARTS) is 1. The maximum absolute atomic E-state index is 14.1. The van der Waals surface area contributed by atoms with Crippen molar-refractivity contribution in [3.05, 3.63) is 98.5 Å². The van der Waals surface area contributed by atoms with Gasteiger partial charge in [-0.1, -0.05) is 54.6 Å². The van der Waals surface area contributed by atoms with Crippen LogP contribution in [-0.4, -0.2) is 25.6 Å². The second kappa shape index (κ2) is 9.24. The molecule has 0 radical (unpaired) electrons. The summed E-state index contributed by atoms with van der Waals surface area (Å²) in [6.07, 6.45) is 9.57. The summed E-state index contributed by atoms with van der Waals surface area (Å²) in [6, 6.07) is 16.4. The van der Waals surface area contributed by atoms with Crippen LogP contribution in [0.15, 0.2) is 65.6 Å². The number of fused-ring (bicyclic) bond motifs is 4. The summed E-state index contributed by atoms with van der Waals surface area (Å²) >= 11 is 1.58. The van der Waals surface area contributed by atoms with Gasteiger partial charge >= 0.3 is 5.97 Å². The van der Waals surface area contributed by atoms with E-state index in [-0.39, 0.29) is 12.0 Å². The maximum atomic E-state index is 14.1. The van der Waals surface area contributed by atoms with Gasteiger partial charge in [0.15, 0.2) is 0 Å². The molecule has 0 aliphatic heterocycles. The molecule has 1 unspecified atom stereocenters. The lowest BCUT2D eigenvalue weighted by Gasteiger charge is -2.19. The minimum absolute atomic E-state index is 0.172. The molecule has 6 rings (SSSR count). The van der Waals surface area contributed by atoms with Gasteiger partial charge in [0.1, 0.15) is 16.7 Å².